The summed E-state index contributed by atoms with van der Waals surface area (Å²) in [4.78, 5) is 33.4. The molecule has 1 aliphatic heterocycles. The third-order valence-electron chi connectivity index (χ3n) is 6.24. The SMILES string of the molecule is Cc1cc(C(=O)C2CC2)ccc1COc1cccc(N2CCN(C(=O)OC(C)(C)C)[C@@H](C)C2)n1. The molecule has 1 atom stereocenters. The number of aryl methyl sites for hydroxylation is 1. The smallest absolute Gasteiger partial charge is 0.410 e. The van der Waals surface area contributed by atoms with Gasteiger partial charge < -0.3 is 19.3 Å². The molecule has 1 aromatic heterocycles. The number of amides is 1. The summed E-state index contributed by atoms with van der Waals surface area (Å²) in [6.07, 6.45) is 1.75. The van der Waals surface area contributed by atoms with Crippen LogP contribution in [0.3, 0.4) is 0 Å². The minimum atomic E-state index is -0.507. The van der Waals surface area contributed by atoms with Gasteiger partial charge in [-0.05, 0) is 70.7 Å². The highest BCUT2D eigenvalue weighted by atomic mass is 16.6. The molecule has 0 unspecified atom stereocenters. The van der Waals surface area contributed by atoms with Crippen LogP contribution in [0.15, 0.2) is 36.4 Å². The number of pyridine rings is 1. The fourth-order valence-electron chi connectivity index (χ4n) is 4.16. The van der Waals surface area contributed by atoms with Crippen LogP contribution in [0.2, 0.25) is 0 Å². The Kier molecular flexibility index (Phi) is 6.82. The summed E-state index contributed by atoms with van der Waals surface area (Å²) in [5.41, 5.74) is 2.38. The number of Topliss-reactive ketones (excluding diaryl/α,β-unsaturated/α-hetero) is 1. The average Bonchev–Trinajstić information content (AvgIpc) is 3.62. The van der Waals surface area contributed by atoms with E-state index in [9.17, 15) is 9.59 Å². The van der Waals surface area contributed by atoms with E-state index in [0.717, 1.165) is 35.3 Å². The van der Waals surface area contributed by atoms with E-state index >= 15 is 0 Å². The van der Waals surface area contributed by atoms with Crippen LogP contribution in [-0.2, 0) is 11.3 Å². The lowest BCUT2D eigenvalue weighted by atomic mass is 10.0. The first kappa shape index (κ1) is 24.0. The molecule has 34 heavy (non-hydrogen) atoms. The predicted octanol–water partition coefficient (Wildman–Crippen LogP) is 5.01. The molecule has 1 saturated heterocycles. The number of rotatable bonds is 6. The van der Waals surface area contributed by atoms with Crippen LogP contribution in [0.25, 0.3) is 0 Å². The van der Waals surface area contributed by atoms with E-state index < -0.39 is 5.60 Å². The first-order chi connectivity index (χ1) is 16.1. The number of carbonyl (C=O) groups excluding carboxylic acids is 2. The molecule has 0 N–H and O–H groups in total. The van der Waals surface area contributed by atoms with E-state index in [1.54, 1.807) is 4.90 Å². The largest absolute Gasteiger partial charge is 0.473 e. The lowest BCUT2D eigenvalue weighted by Gasteiger charge is -2.40. The van der Waals surface area contributed by atoms with Gasteiger partial charge in [0.1, 0.15) is 18.0 Å². The summed E-state index contributed by atoms with van der Waals surface area (Å²) in [5, 5.41) is 0. The van der Waals surface area contributed by atoms with Gasteiger partial charge in [-0.1, -0.05) is 18.2 Å². The summed E-state index contributed by atoms with van der Waals surface area (Å²) in [6, 6.07) is 11.6. The number of nitrogens with zero attached hydrogens (tertiary/aromatic N) is 3. The first-order valence-corrected chi connectivity index (χ1v) is 12.1. The number of benzene rings is 1. The van der Waals surface area contributed by atoms with Crippen molar-refractivity contribution in [1.29, 1.82) is 0 Å². The lowest BCUT2D eigenvalue weighted by molar-refractivity contribution is 0.0158. The summed E-state index contributed by atoms with van der Waals surface area (Å²) < 4.78 is 11.5. The van der Waals surface area contributed by atoms with Crippen molar-refractivity contribution in [1.82, 2.24) is 9.88 Å². The van der Waals surface area contributed by atoms with E-state index in [0.29, 0.717) is 32.1 Å². The van der Waals surface area contributed by atoms with E-state index in [-0.39, 0.29) is 23.8 Å². The number of hydrogen-bond acceptors (Lipinski definition) is 6. The number of ether oxygens (including phenoxy) is 2. The predicted molar refractivity (Wildman–Crippen MR) is 131 cm³/mol. The molecule has 1 aromatic carbocycles. The molecule has 1 aliphatic carbocycles. The molecule has 2 aliphatic rings. The van der Waals surface area contributed by atoms with Gasteiger partial charge in [0.25, 0.3) is 0 Å². The van der Waals surface area contributed by atoms with E-state index in [2.05, 4.69) is 4.90 Å². The molecule has 2 heterocycles. The maximum absolute atomic E-state index is 12.5. The Labute approximate surface area is 202 Å². The van der Waals surface area contributed by atoms with Crippen molar-refractivity contribution in [3.05, 3.63) is 53.1 Å². The topological polar surface area (TPSA) is 72.0 Å². The Morgan fingerprint density at radius 3 is 2.53 bits per heavy atom. The number of hydrogen-bond donors (Lipinski definition) is 0. The number of carbonyl (C=O) groups is 2. The standard InChI is InChI=1S/C27H35N3O4/c1-18-15-21(25(31)20-9-10-20)11-12-22(18)17-33-24-8-6-7-23(28-24)29-13-14-30(19(2)16-29)26(32)34-27(3,4)5/h6-8,11-12,15,19-20H,9-10,13-14,16-17H2,1-5H3/t19-/m0/s1. The van der Waals surface area contributed by atoms with E-state index in [1.807, 2.05) is 71.0 Å². The Morgan fingerprint density at radius 1 is 1.12 bits per heavy atom. The van der Waals surface area contributed by atoms with Crippen molar-refractivity contribution in [2.75, 3.05) is 24.5 Å². The third kappa shape index (κ3) is 5.88. The number of anilines is 1. The molecule has 2 aromatic rings. The number of aromatic nitrogens is 1. The molecular formula is C27H35N3O4. The van der Waals surface area contributed by atoms with Gasteiger partial charge in [-0.25, -0.2) is 4.79 Å². The van der Waals surface area contributed by atoms with Crippen molar-refractivity contribution in [2.24, 2.45) is 5.92 Å². The average molecular weight is 466 g/mol. The molecule has 1 saturated carbocycles. The Bertz CT molecular complexity index is 1060. The van der Waals surface area contributed by atoms with Crippen LogP contribution in [0.5, 0.6) is 5.88 Å². The second-order valence-corrected chi connectivity index (χ2v) is 10.4. The minimum absolute atomic E-state index is 0.00879. The highest BCUT2D eigenvalue weighted by Gasteiger charge is 2.32. The Balaban J connectivity index is 1.35. The Morgan fingerprint density at radius 2 is 1.88 bits per heavy atom. The Hall–Kier alpha value is -3.09. The maximum atomic E-state index is 12.5. The van der Waals surface area contributed by atoms with Gasteiger partial charge in [0.15, 0.2) is 5.78 Å². The van der Waals surface area contributed by atoms with Crippen molar-refractivity contribution in [2.45, 2.75) is 65.7 Å². The molecular weight excluding hydrogens is 430 g/mol. The van der Waals surface area contributed by atoms with Crippen LogP contribution in [-0.4, -0.2) is 53.0 Å². The highest BCUT2D eigenvalue weighted by Crippen LogP contribution is 2.33. The van der Waals surface area contributed by atoms with Gasteiger partial charge in [-0.2, -0.15) is 4.98 Å². The van der Waals surface area contributed by atoms with Crippen molar-refractivity contribution < 1.29 is 19.1 Å². The lowest BCUT2D eigenvalue weighted by Crippen LogP contribution is -2.55. The highest BCUT2D eigenvalue weighted by molar-refractivity contribution is 5.99. The monoisotopic (exact) mass is 465 g/mol. The van der Waals surface area contributed by atoms with E-state index in [4.69, 9.17) is 14.5 Å². The summed E-state index contributed by atoms with van der Waals surface area (Å²) >= 11 is 0. The molecule has 7 nitrogen and oxygen atoms in total. The zero-order chi connectivity index (χ0) is 24.5. The zero-order valence-corrected chi connectivity index (χ0v) is 20.8. The number of ketones is 1. The molecule has 182 valence electrons. The van der Waals surface area contributed by atoms with Gasteiger partial charge in [-0.3, -0.25) is 4.79 Å². The van der Waals surface area contributed by atoms with E-state index in [1.165, 1.54) is 0 Å². The van der Waals surface area contributed by atoms with Crippen LogP contribution in [0.1, 0.15) is 62.0 Å². The summed E-state index contributed by atoms with van der Waals surface area (Å²) in [7, 11) is 0. The van der Waals surface area contributed by atoms with Gasteiger partial charge >= 0.3 is 6.09 Å². The molecule has 2 fully saturated rings. The molecule has 0 spiro atoms. The molecule has 1 amide bonds. The normalized spacial score (nSPS) is 18.6. The van der Waals surface area contributed by atoms with Crippen LogP contribution < -0.4 is 9.64 Å². The molecule has 0 radical (unpaired) electrons. The van der Waals surface area contributed by atoms with Gasteiger partial charge in [0.05, 0.1) is 0 Å². The van der Waals surface area contributed by atoms with Gasteiger partial charge in [-0.15, -0.1) is 0 Å². The first-order valence-electron chi connectivity index (χ1n) is 12.1. The molecule has 4 rings (SSSR count). The summed E-state index contributed by atoms with van der Waals surface area (Å²) in [5.74, 6) is 1.86. The maximum Gasteiger partial charge on any atom is 0.410 e. The quantitative estimate of drug-likeness (QED) is 0.559. The zero-order valence-electron chi connectivity index (χ0n) is 20.8. The second-order valence-electron chi connectivity index (χ2n) is 10.4. The molecule has 7 heteroatoms. The van der Waals surface area contributed by atoms with Crippen molar-refractivity contribution in [3.63, 3.8) is 0 Å². The fourth-order valence-corrected chi connectivity index (χ4v) is 4.16. The fraction of sp³-hybridized carbons (Fsp3) is 0.519. The minimum Gasteiger partial charge on any atom is -0.473 e. The van der Waals surface area contributed by atoms with Gasteiger partial charge in [0, 0.05) is 43.2 Å². The van der Waals surface area contributed by atoms with Crippen molar-refractivity contribution in [3.8, 4) is 5.88 Å². The van der Waals surface area contributed by atoms with Gasteiger partial charge in [0.2, 0.25) is 5.88 Å². The third-order valence-corrected chi connectivity index (χ3v) is 6.24. The second kappa shape index (κ2) is 9.65. The van der Waals surface area contributed by atoms with Crippen LogP contribution in [0, 0.1) is 12.8 Å². The summed E-state index contributed by atoms with van der Waals surface area (Å²) in [6.45, 7) is 12.0. The van der Waals surface area contributed by atoms with Crippen LogP contribution in [0.4, 0.5) is 10.6 Å². The molecule has 0 bridgehead atoms. The van der Waals surface area contributed by atoms with Crippen LogP contribution >= 0.6 is 0 Å². The number of piperazine rings is 1. The van der Waals surface area contributed by atoms with Crippen molar-refractivity contribution >= 4 is 17.7 Å².